The topological polar surface area (TPSA) is 52.8 Å². The minimum atomic E-state index is 0.466. The Labute approximate surface area is 90.9 Å². The van der Waals surface area contributed by atoms with Crippen LogP contribution in [-0.2, 0) is 18.2 Å². The molecule has 14 heavy (non-hydrogen) atoms. The lowest BCUT2D eigenvalue weighted by Crippen LogP contribution is -2.29. The van der Waals surface area contributed by atoms with Gasteiger partial charge in [-0.3, -0.25) is 0 Å². The Balaban J connectivity index is 1.95. The third kappa shape index (κ3) is 2.30. The summed E-state index contributed by atoms with van der Waals surface area (Å²) in [6, 6.07) is 0. The molecule has 1 aliphatic heterocycles. The van der Waals surface area contributed by atoms with E-state index in [9.17, 15) is 0 Å². The van der Waals surface area contributed by atoms with E-state index >= 15 is 0 Å². The van der Waals surface area contributed by atoms with E-state index in [-0.39, 0.29) is 0 Å². The first kappa shape index (κ1) is 10.0. The van der Waals surface area contributed by atoms with Crippen LogP contribution in [0.25, 0.3) is 0 Å². The zero-order chi connectivity index (χ0) is 9.97. The Morgan fingerprint density at radius 2 is 2.50 bits per heavy atom. The van der Waals surface area contributed by atoms with Crippen molar-refractivity contribution in [1.29, 1.82) is 0 Å². The Hall–Kier alpha value is -0.490. The standard InChI is InChI=1S/C8H13BrN4O/c1-13-11-8(10-12-13)4-6-5-14-3-2-7(6)9/h6-7H,2-5H2,1H3. The van der Waals surface area contributed by atoms with E-state index in [2.05, 4.69) is 31.3 Å². The molecule has 2 unspecified atom stereocenters. The summed E-state index contributed by atoms with van der Waals surface area (Å²) in [4.78, 5) is 2.00. The molecular weight excluding hydrogens is 248 g/mol. The predicted molar refractivity (Wildman–Crippen MR) is 54.1 cm³/mol. The Morgan fingerprint density at radius 1 is 1.64 bits per heavy atom. The van der Waals surface area contributed by atoms with E-state index < -0.39 is 0 Å². The van der Waals surface area contributed by atoms with Gasteiger partial charge in [0.25, 0.3) is 0 Å². The number of ether oxygens (including phenoxy) is 1. The largest absolute Gasteiger partial charge is 0.381 e. The molecule has 78 valence electrons. The molecule has 2 atom stereocenters. The number of nitrogens with zero attached hydrogens (tertiary/aromatic N) is 4. The lowest BCUT2D eigenvalue weighted by molar-refractivity contribution is 0.0598. The molecule has 0 aromatic carbocycles. The molecule has 0 aliphatic carbocycles. The van der Waals surface area contributed by atoms with Crippen LogP contribution in [0.15, 0.2) is 0 Å². The summed E-state index contributed by atoms with van der Waals surface area (Å²) in [7, 11) is 1.78. The lowest BCUT2D eigenvalue weighted by atomic mass is 9.98. The van der Waals surface area contributed by atoms with Crippen molar-refractivity contribution in [2.24, 2.45) is 13.0 Å². The van der Waals surface area contributed by atoms with Crippen LogP contribution in [0.1, 0.15) is 12.2 Å². The van der Waals surface area contributed by atoms with Gasteiger partial charge in [-0.05, 0) is 11.6 Å². The van der Waals surface area contributed by atoms with Crippen LogP contribution in [-0.4, -0.2) is 38.2 Å². The summed E-state index contributed by atoms with van der Waals surface area (Å²) in [5.41, 5.74) is 0. The molecular formula is C8H13BrN4O. The third-order valence-corrected chi connectivity index (χ3v) is 3.58. The molecule has 0 bridgehead atoms. The second-order valence-electron chi connectivity index (χ2n) is 3.54. The lowest BCUT2D eigenvalue weighted by Gasteiger charge is -2.26. The van der Waals surface area contributed by atoms with Gasteiger partial charge in [0.15, 0.2) is 5.82 Å². The molecule has 1 aliphatic rings. The van der Waals surface area contributed by atoms with E-state index in [1.54, 1.807) is 7.05 Å². The van der Waals surface area contributed by atoms with Gasteiger partial charge in [-0.2, -0.15) is 4.80 Å². The monoisotopic (exact) mass is 260 g/mol. The van der Waals surface area contributed by atoms with Crippen LogP contribution in [0.3, 0.4) is 0 Å². The van der Waals surface area contributed by atoms with Gasteiger partial charge in [0, 0.05) is 23.8 Å². The number of hydrogen-bond donors (Lipinski definition) is 0. The van der Waals surface area contributed by atoms with E-state index in [0.717, 1.165) is 31.9 Å². The van der Waals surface area contributed by atoms with Gasteiger partial charge >= 0.3 is 0 Å². The van der Waals surface area contributed by atoms with Crippen molar-refractivity contribution < 1.29 is 4.74 Å². The molecule has 5 nitrogen and oxygen atoms in total. The maximum Gasteiger partial charge on any atom is 0.175 e. The smallest absolute Gasteiger partial charge is 0.175 e. The molecule has 1 aromatic heterocycles. The van der Waals surface area contributed by atoms with Crippen molar-refractivity contribution >= 4 is 15.9 Å². The fraction of sp³-hybridized carbons (Fsp3) is 0.875. The molecule has 0 amide bonds. The molecule has 0 spiro atoms. The highest BCUT2D eigenvalue weighted by atomic mass is 79.9. The molecule has 0 N–H and O–H groups in total. The molecule has 1 saturated heterocycles. The quantitative estimate of drug-likeness (QED) is 0.730. The second kappa shape index (κ2) is 4.35. The van der Waals surface area contributed by atoms with E-state index in [1.807, 2.05) is 0 Å². The Morgan fingerprint density at radius 3 is 3.14 bits per heavy atom. The van der Waals surface area contributed by atoms with Gasteiger partial charge < -0.3 is 4.74 Å². The first-order valence-corrected chi connectivity index (χ1v) is 5.62. The number of aromatic nitrogens is 4. The second-order valence-corrected chi connectivity index (χ2v) is 4.72. The van der Waals surface area contributed by atoms with Crippen molar-refractivity contribution in [3.8, 4) is 0 Å². The van der Waals surface area contributed by atoms with Crippen molar-refractivity contribution in [1.82, 2.24) is 20.2 Å². The zero-order valence-corrected chi connectivity index (χ0v) is 9.64. The van der Waals surface area contributed by atoms with E-state index in [1.165, 1.54) is 4.80 Å². The van der Waals surface area contributed by atoms with Crippen LogP contribution in [0.4, 0.5) is 0 Å². The minimum Gasteiger partial charge on any atom is -0.381 e. The van der Waals surface area contributed by atoms with Crippen LogP contribution in [0, 0.1) is 5.92 Å². The first-order valence-electron chi connectivity index (χ1n) is 4.70. The highest BCUT2D eigenvalue weighted by Crippen LogP contribution is 2.24. The van der Waals surface area contributed by atoms with Gasteiger partial charge in [-0.25, -0.2) is 0 Å². The van der Waals surface area contributed by atoms with Gasteiger partial charge in [-0.15, -0.1) is 10.2 Å². The first-order chi connectivity index (χ1) is 6.75. The Kier molecular flexibility index (Phi) is 3.12. The van der Waals surface area contributed by atoms with Crippen molar-refractivity contribution in [2.45, 2.75) is 17.7 Å². The molecule has 6 heteroatoms. The summed E-state index contributed by atoms with van der Waals surface area (Å²) in [5, 5.41) is 11.9. The summed E-state index contributed by atoms with van der Waals surface area (Å²) in [5.74, 6) is 1.26. The molecule has 2 heterocycles. The van der Waals surface area contributed by atoms with Crippen molar-refractivity contribution in [3.05, 3.63) is 5.82 Å². The predicted octanol–water partition coefficient (Wildman–Crippen LogP) is 0.553. The van der Waals surface area contributed by atoms with Gasteiger partial charge in [0.2, 0.25) is 0 Å². The number of hydrogen-bond acceptors (Lipinski definition) is 4. The van der Waals surface area contributed by atoms with Crippen LogP contribution in [0.5, 0.6) is 0 Å². The summed E-state index contributed by atoms with van der Waals surface area (Å²) in [6.07, 6.45) is 1.90. The van der Waals surface area contributed by atoms with E-state index in [4.69, 9.17) is 4.74 Å². The number of aryl methyl sites for hydroxylation is 1. The number of tetrazole rings is 1. The highest BCUT2D eigenvalue weighted by Gasteiger charge is 2.24. The summed E-state index contributed by atoms with van der Waals surface area (Å²) >= 11 is 3.66. The van der Waals surface area contributed by atoms with E-state index in [0.29, 0.717) is 10.7 Å². The number of halogens is 1. The van der Waals surface area contributed by atoms with Gasteiger partial charge in [0.05, 0.1) is 13.7 Å². The summed E-state index contributed by atoms with van der Waals surface area (Å²) in [6.45, 7) is 1.63. The van der Waals surface area contributed by atoms with Crippen molar-refractivity contribution in [2.75, 3.05) is 13.2 Å². The van der Waals surface area contributed by atoms with Crippen molar-refractivity contribution in [3.63, 3.8) is 0 Å². The fourth-order valence-corrected chi connectivity index (χ4v) is 2.12. The van der Waals surface area contributed by atoms with Crippen LogP contribution in [0.2, 0.25) is 0 Å². The number of rotatable bonds is 2. The average Bonchev–Trinajstić information content (AvgIpc) is 2.56. The number of alkyl halides is 1. The molecule has 1 aromatic rings. The molecule has 1 fully saturated rings. The zero-order valence-electron chi connectivity index (χ0n) is 8.06. The molecule has 2 rings (SSSR count). The van der Waals surface area contributed by atoms with Gasteiger partial charge in [0.1, 0.15) is 0 Å². The maximum absolute atomic E-state index is 5.42. The molecule has 0 radical (unpaired) electrons. The fourth-order valence-electron chi connectivity index (χ4n) is 1.60. The normalized spacial score (nSPS) is 27.9. The summed E-state index contributed by atoms with van der Waals surface area (Å²) < 4.78 is 5.42. The van der Waals surface area contributed by atoms with Crippen LogP contribution >= 0.6 is 15.9 Å². The third-order valence-electron chi connectivity index (χ3n) is 2.38. The minimum absolute atomic E-state index is 0.466. The van der Waals surface area contributed by atoms with Gasteiger partial charge in [-0.1, -0.05) is 15.9 Å². The highest BCUT2D eigenvalue weighted by molar-refractivity contribution is 9.09. The maximum atomic E-state index is 5.42. The van der Waals surface area contributed by atoms with Crippen LogP contribution < -0.4 is 0 Å². The average molecular weight is 261 g/mol. The molecule has 0 saturated carbocycles. The Bertz CT molecular complexity index is 303. The SMILES string of the molecule is Cn1nnc(CC2COCCC2Br)n1.